The predicted molar refractivity (Wildman–Crippen MR) is 282 cm³/mol. The molecule has 12 heteroatoms. The first-order valence-electron chi connectivity index (χ1n) is 22.7. The van der Waals surface area contributed by atoms with Crippen molar-refractivity contribution in [2.45, 2.75) is 46.8 Å². The van der Waals surface area contributed by atoms with E-state index in [2.05, 4.69) is 24.3 Å². The van der Waals surface area contributed by atoms with Crippen molar-refractivity contribution in [3.8, 4) is 56.4 Å². The zero-order valence-electron chi connectivity index (χ0n) is 39.5. The van der Waals surface area contributed by atoms with Crippen LogP contribution in [0.1, 0.15) is 30.5 Å². The van der Waals surface area contributed by atoms with Crippen LogP contribution in [0.2, 0.25) is 0 Å². The van der Waals surface area contributed by atoms with Gasteiger partial charge in [-0.05, 0) is 144 Å². The molecule has 0 unspecified atom stereocenters. The van der Waals surface area contributed by atoms with E-state index in [-0.39, 0.29) is 19.6 Å². The molecule has 0 aliphatic carbocycles. The highest BCUT2D eigenvalue weighted by atomic mass is 32.2. The Morgan fingerprint density at radius 2 is 0.690 bits per heavy atom. The third-order valence-electron chi connectivity index (χ3n) is 11.0. The van der Waals surface area contributed by atoms with E-state index in [0.717, 1.165) is 56.5 Å². The smallest absolute Gasteiger partial charge is 0.261 e. The van der Waals surface area contributed by atoms with Crippen LogP contribution in [0.5, 0.6) is 23.0 Å². The molecule has 9 aromatic rings. The monoisotopic (exact) mass is 1000 g/mol. The fourth-order valence-electron chi connectivity index (χ4n) is 7.52. The van der Waals surface area contributed by atoms with E-state index < -0.39 is 29.8 Å². The SMILES string of the molecule is CC.CS(=O)(=O)O.Cc1ccc(S(=O)(=O)c2ccc(Oc3ccc(-c4ccc(Oc5ccc(S(=O)(=O)c6ccc(Cc7ccccc7)cc6)cc5)c(-c5ccccc5)c4)cc3-c3ccccc3)cc2)cc1. The molecule has 71 heavy (non-hydrogen) atoms. The maximum atomic E-state index is 13.6. The molecule has 0 bridgehead atoms. The van der Waals surface area contributed by atoms with Crippen LogP contribution >= 0.6 is 0 Å². The van der Waals surface area contributed by atoms with Gasteiger partial charge in [-0.3, -0.25) is 4.55 Å². The maximum Gasteiger partial charge on any atom is 0.261 e. The number of hydrogen-bond donors (Lipinski definition) is 1. The molecular weight excluding hydrogens is 949 g/mol. The lowest BCUT2D eigenvalue weighted by atomic mass is 9.95. The van der Waals surface area contributed by atoms with Gasteiger partial charge in [-0.1, -0.05) is 147 Å². The third-order valence-corrected chi connectivity index (χ3v) is 14.6. The van der Waals surface area contributed by atoms with Gasteiger partial charge in [0.25, 0.3) is 10.1 Å². The summed E-state index contributed by atoms with van der Waals surface area (Å²) in [5.74, 6) is 2.21. The van der Waals surface area contributed by atoms with Crippen LogP contribution in [0.15, 0.2) is 244 Å². The van der Waals surface area contributed by atoms with Crippen molar-refractivity contribution >= 4 is 29.8 Å². The minimum atomic E-state index is -3.75. The molecule has 0 saturated carbocycles. The second kappa shape index (κ2) is 22.9. The molecule has 0 aliphatic heterocycles. The topological polar surface area (TPSA) is 141 Å². The molecule has 9 nitrogen and oxygen atoms in total. The summed E-state index contributed by atoms with van der Waals surface area (Å²) in [5, 5.41) is 0. The Morgan fingerprint density at radius 1 is 0.380 bits per heavy atom. The number of ether oxygens (including phenoxy) is 2. The molecule has 0 fully saturated rings. The van der Waals surface area contributed by atoms with Crippen molar-refractivity contribution in [3.63, 3.8) is 0 Å². The van der Waals surface area contributed by atoms with Crippen molar-refractivity contribution in [1.29, 1.82) is 0 Å². The van der Waals surface area contributed by atoms with Gasteiger partial charge in [0.05, 0.1) is 25.8 Å². The lowest BCUT2D eigenvalue weighted by Crippen LogP contribution is -2.02. The normalized spacial score (nSPS) is 11.3. The average molecular weight is 1000 g/mol. The highest BCUT2D eigenvalue weighted by molar-refractivity contribution is 7.91. The standard InChI is InChI=1S/C56H42O6S2.C2H6.CH4O3S/c1-40-17-27-49(28-18-40)63(57,58)51-31-23-47(24-32-51)61-55-35-21-45(38-53(55)43-13-7-3-8-14-43)46-22-36-56(54(39-46)44-15-9-4-10-16-44)62-48-25-33-52(34-26-48)64(59,60)50-29-19-42(20-30-50)37-41-11-5-2-6-12-41;1-2;1-5(2,3)4/h2-36,38-39H,37H2,1H3;1-2H3;1H3,(H,2,3,4). The molecule has 9 rings (SSSR count). The number of aryl methyl sites for hydroxylation is 1. The van der Waals surface area contributed by atoms with Gasteiger partial charge < -0.3 is 9.47 Å². The molecule has 0 radical (unpaired) electrons. The molecule has 0 aromatic heterocycles. The van der Waals surface area contributed by atoms with Crippen molar-refractivity contribution in [2.24, 2.45) is 0 Å². The minimum Gasteiger partial charge on any atom is -0.457 e. The first-order chi connectivity index (χ1) is 34.1. The quantitative estimate of drug-likeness (QED) is 0.112. The molecule has 0 amide bonds. The molecule has 9 aromatic carbocycles. The Kier molecular flexibility index (Phi) is 16.5. The number of rotatable bonds is 13. The van der Waals surface area contributed by atoms with E-state index >= 15 is 0 Å². The second-order valence-corrected chi connectivity index (χ2v) is 21.5. The summed E-state index contributed by atoms with van der Waals surface area (Å²) >= 11 is 0. The van der Waals surface area contributed by atoms with E-state index in [9.17, 15) is 25.3 Å². The van der Waals surface area contributed by atoms with Crippen LogP contribution in [0.4, 0.5) is 0 Å². The third kappa shape index (κ3) is 13.4. The van der Waals surface area contributed by atoms with Crippen molar-refractivity contribution in [2.75, 3.05) is 6.26 Å². The van der Waals surface area contributed by atoms with Crippen LogP contribution in [0, 0.1) is 6.92 Å². The highest BCUT2D eigenvalue weighted by Crippen LogP contribution is 2.41. The zero-order valence-corrected chi connectivity index (χ0v) is 42.0. The van der Waals surface area contributed by atoms with Gasteiger partial charge in [-0.15, -0.1) is 0 Å². The fraction of sp³-hybridized carbons (Fsp3) is 0.0847. The van der Waals surface area contributed by atoms with Crippen molar-refractivity contribution in [1.82, 2.24) is 0 Å². The van der Waals surface area contributed by atoms with Crippen LogP contribution in [-0.4, -0.2) is 36.1 Å². The molecular formula is C59H52O9S3. The van der Waals surface area contributed by atoms with Gasteiger partial charge in [-0.2, -0.15) is 8.42 Å². The largest absolute Gasteiger partial charge is 0.457 e. The van der Waals surface area contributed by atoms with Gasteiger partial charge in [0.1, 0.15) is 23.0 Å². The highest BCUT2D eigenvalue weighted by Gasteiger charge is 2.20. The number of sulfone groups is 2. The molecule has 0 spiro atoms. The van der Waals surface area contributed by atoms with Gasteiger partial charge in [0, 0.05) is 11.1 Å². The Morgan fingerprint density at radius 3 is 1.06 bits per heavy atom. The minimum absolute atomic E-state index is 0.180. The Labute approximate surface area is 417 Å². The number of hydrogen-bond acceptors (Lipinski definition) is 8. The van der Waals surface area contributed by atoms with Crippen LogP contribution in [-0.2, 0) is 36.2 Å². The summed E-state index contributed by atoms with van der Waals surface area (Å²) in [6.07, 6.45) is 1.44. The lowest BCUT2D eigenvalue weighted by molar-refractivity contribution is 0.483. The van der Waals surface area contributed by atoms with Crippen molar-refractivity contribution < 1.29 is 39.3 Å². The summed E-state index contributed by atoms with van der Waals surface area (Å²) in [4.78, 5) is 0.837. The summed E-state index contributed by atoms with van der Waals surface area (Å²) in [7, 11) is -11.1. The predicted octanol–water partition coefficient (Wildman–Crippen LogP) is 14.4. The van der Waals surface area contributed by atoms with Gasteiger partial charge in [0.2, 0.25) is 19.7 Å². The Balaban J connectivity index is 0.000000997. The van der Waals surface area contributed by atoms with E-state index in [4.69, 9.17) is 14.0 Å². The maximum absolute atomic E-state index is 13.6. The lowest BCUT2D eigenvalue weighted by Gasteiger charge is -2.16. The van der Waals surface area contributed by atoms with E-state index in [0.29, 0.717) is 29.3 Å². The molecule has 0 atom stereocenters. The van der Waals surface area contributed by atoms with Crippen LogP contribution in [0.25, 0.3) is 33.4 Å². The average Bonchev–Trinajstić information content (AvgIpc) is 3.38. The van der Waals surface area contributed by atoms with Crippen molar-refractivity contribution in [3.05, 3.63) is 241 Å². The molecule has 0 aliphatic rings. The number of benzene rings is 9. The summed E-state index contributed by atoms with van der Waals surface area (Å²) < 4.78 is 92.7. The molecule has 0 heterocycles. The first-order valence-corrected chi connectivity index (χ1v) is 27.5. The zero-order chi connectivity index (χ0) is 50.6. The molecule has 1 N–H and O–H groups in total. The van der Waals surface area contributed by atoms with Gasteiger partial charge >= 0.3 is 0 Å². The summed E-state index contributed by atoms with van der Waals surface area (Å²) in [6.45, 7) is 5.92. The Bertz CT molecular complexity index is 3520. The van der Waals surface area contributed by atoms with Crippen LogP contribution < -0.4 is 9.47 Å². The summed E-state index contributed by atoms with van der Waals surface area (Å²) in [5.41, 5.74) is 8.67. The van der Waals surface area contributed by atoms with Crippen LogP contribution in [0.3, 0.4) is 0 Å². The molecule has 0 saturated heterocycles. The van der Waals surface area contributed by atoms with E-state index in [1.165, 1.54) is 0 Å². The molecule has 360 valence electrons. The van der Waals surface area contributed by atoms with Gasteiger partial charge in [-0.25, -0.2) is 16.8 Å². The van der Waals surface area contributed by atoms with E-state index in [1.807, 2.05) is 136 Å². The Hall–Kier alpha value is -7.61. The van der Waals surface area contributed by atoms with E-state index in [1.54, 1.807) is 84.9 Å². The summed E-state index contributed by atoms with van der Waals surface area (Å²) in [6, 6.07) is 68.9. The fourth-order valence-corrected chi connectivity index (χ4v) is 10.0. The second-order valence-electron chi connectivity index (χ2n) is 16.2. The first kappa shape index (κ1) is 51.2. The van der Waals surface area contributed by atoms with Gasteiger partial charge in [0.15, 0.2) is 0 Å².